The molecule has 6 heteroatoms. The number of nitrogens with zero attached hydrogens (tertiary/aromatic N) is 1. The Balaban J connectivity index is 2.09. The molecule has 16 heavy (non-hydrogen) atoms. The van der Waals surface area contributed by atoms with Gasteiger partial charge in [-0.05, 0) is 19.9 Å². The van der Waals surface area contributed by atoms with E-state index in [-0.39, 0.29) is 17.3 Å². The van der Waals surface area contributed by atoms with E-state index in [0.29, 0.717) is 18.9 Å². The van der Waals surface area contributed by atoms with E-state index >= 15 is 0 Å². The standard InChI is InChI=1S/C10H20N2O3S/c1-12(9-2-5-16(13,14)6-9)10(7-11)3-4-15-8-10/h9H,2-8,11H2,1H3. The molecule has 2 fully saturated rings. The van der Waals surface area contributed by atoms with E-state index in [1.54, 1.807) is 0 Å². The van der Waals surface area contributed by atoms with Crippen LogP contribution in [0.3, 0.4) is 0 Å². The summed E-state index contributed by atoms with van der Waals surface area (Å²) in [5.41, 5.74) is 5.69. The molecule has 2 saturated heterocycles. The van der Waals surface area contributed by atoms with Crippen molar-refractivity contribution in [2.45, 2.75) is 24.4 Å². The molecule has 2 aliphatic heterocycles. The second-order valence-electron chi connectivity index (χ2n) is 4.90. The van der Waals surface area contributed by atoms with E-state index < -0.39 is 9.84 Å². The fourth-order valence-electron chi connectivity index (χ4n) is 2.65. The molecule has 2 aliphatic rings. The lowest BCUT2D eigenvalue weighted by atomic mass is 9.95. The van der Waals surface area contributed by atoms with Crippen LogP contribution in [0.1, 0.15) is 12.8 Å². The van der Waals surface area contributed by atoms with Crippen molar-refractivity contribution < 1.29 is 13.2 Å². The van der Waals surface area contributed by atoms with Crippen molar-refractivity contribution >= 4 is 9.84 Å². The number of ether oxygens (including phenoxy) is 1. The van der Waals surface area contributed by atoms with Gasteiger partial charge in [0, 0.05) is 19.2 Å². The normalized spacial score (nSPS) is 38.3. The highest BCUT2D eigenvalue weighted by Gasteiger charge is 2.43. The van der Waals surface area contributed by atoms with Crippen molar-refractivity contribution in [3.8, 4) is 0 Å². The number of rotatable bonds is 3. The Kier molecular flexibility index (Phi) is 3.27. The topological polar surface area (TPSA) is 72.6 Å². The smallest absolute Gasteiger partial charge is 0.151 e. The van der Waals surface area contributed by atoms with Crippen LogP contribution in [-0.4, -0.2) is 63.2 Å². The van der Waals surface area contributed by atoms with Gasteiger partial charge >= 0.3 is 0 Å². The summed E-state index contributed by atoms with van der Waals surface area (Å²) >= 11 is 0. The van der Waals surface area contributed by atoms with Crippen LogP contribution in [-0.2, 0) is 14.6 Å². The first-order valence-electron chi connectivity index (χ1n) is 5.70. The van der Waals surface area contributed by atoms with Crippen LogP contribution in [0.4, 0.5) is 0 Å². The molecule has 0 aliphatic carbocycles. The maximum Gasteiger partial charge on any atom is 0.151 e. The molecule has 2 unspecified atom stereocenters. The molecule has 2 rings (SSSR count). The molecule has 0 radical (unpaired) electrons. The summed E-state index contributed by atoms with van der Waals surface area (Å²) in [4.78, 5) is 2.14. The highest BCUT2D eigenvalue weighted by Crippen LogP contribution is 2.29. The Hall–Kier alpha value is -0.170. The third-order valence-corrected chi connectivity index (χ3v) is 5.72. The maximum absolute atomic E-state index is 11.5. The minimum atomic E-state index is -2.83. The van der Waals surface area contributed by atoms with Crippen LogP contribution >= 0.6 is 0 Å². The van der Waals surface area contributed by atoms with Gasteiger partial charge in [-0.25, -0.2) is 8.42 Å². The molecule has 0 saturated carbocycles. The van der Waals surface area contributed by atoms with Gasteiger partial charge in [0.05, 0.1) is 23.7 Å². The van der Waals surface area contributed by atoms with Crippen LogP contribution < -0.4 is 5.73 Å². The predicted molar refractivity (Wildman–Crippen MR) is 62.0 cm³/mol. The molecule has 94 valence electrons. The molecular weight excluding hydrogens is 228 g/mol. The van der Waals surface area contributed by atoms with Gasteiger partial charge in [-0.2, -0.15) is 0 Å². The Morgan fingerprint density at radius 3 is 2.75 bits per heavy atom. The Bertz CT molecular complexity index is 349. The van der Waals surface area contributed by atoms with E-state index in [1.165, 1.54) is 0 Å². The highest BCUT2D eigenvalue weighted by atomic mass is 32.2. The minimum absolute atomic E-state index is 0.107. The van der Waals surface area contributed by atoms with Crippen molar-refractivity contribution in [1.82, 2.24) is 4.90 Å². The van der Waals surface area contributed by atoms with Gasteiger partial charge in [-0.3, -0.25) is 4.90 Å². The molecule has 2 atom stereocenters. The zero-order valence-corrected chi connectivity index (χ0v) is 10.5. The van der Waals surface area contributed by atoms with E-state index in [2.05, 4.69) is 4.90 Å². The van der Waals surface area contributed by atoms with Gasteiger partial charge in [0.25, 0.3) is 0 Å². The molecule has 0 aromatic rings. The number of likely N-dealkylation sites (N-methyl/N-ethyl adjacent to an activating group) is 1. The summed E-state index contributed by atoms with van der Waals surface area (Å²) < 4.78 is 28.3. The Labute approximate surface area is 96.9 Å². The van der Waals surface area contributed by atoms with Crippen molar-refractivity contribution in [2.24, 2.45) is 5.73 Å². The third-order valence-electron chi connectivity index (χ3n) is 3.97. The van der Waals surface area contributed by atoms with E-state index in [4.69, 9.17) is 10.5 Å². The summed E-state index contributed by atoms with van der Waals surface area (Å²) in [6, 6.07) is 0.107. The van der Waals surface area contributed by atoms with Crippen molar-refractivity contribution in [3.05, 3.63) is 0 Å². The second kappa shape index (κ2) is 4.25. The van der Waals surface area contributed by atoms with Crippen molar-refractivity contribution in [2.75, 3.05) is 38.3 Å². The largest absolute Gasteiger partial charge is 0.379 e. The zero-order chi connectivity index (χ0) is 11.8. The summed E-state index contributed by atoms with van der Waals surface area (Å²) in [6.07, 6.45) is 1.62. The van der Waals surface area contributed by atoms with Gasteiger partial charge in [-0.15, -0.1) is 0 Å². The maximum atomic E-state index is 11.5. The lowest BCUT2D eigenvalue weighted by molar-refractivity contribution is 0.0672. The fraction of sp³-hybridized carbons (Fsp3) is 1.00. The average molecular weight is 248 g/mol. The van der Waals surface area contributed by atoms with Crippen molar-refractivity contribution in [1.29, 1.82) is 0 Å². The van der Waals surface area contributed by atoms with Crippen LogP contribution in [0.25, 0.3) is 0 Å². The van der Waals surface area contributed by atoms with E-state index in [9.17, 15) is 8.42 Å². The number of hydrogen-bond donors (Lipinski definition) is 1. The minimum Gasteiger partial charge on any atom is -0.379 e. The van der Waals surface area contributed by atoms with Crippen LogP contribution in [0.5, 0.6) is 0 Å². The Morgan fingerprint density at radius 2 is 2.31 bits per heavy atom. The van der Waals surface area contributed by atoms with Gasteiger partial charge in [0.1, 0.15) is 0 Å². The number of sulfone groups is 1. The monoisotopic (exact) mass is 248 g/mol. The number of hydrogen-bond acceptors (Lipinski definition) is 5. The predicted octanol–water partition coefficient (Wildman–Crippen LogP) is -0.777. The lowest BCUT2D eigenvalue weighted by Crippen LogP contribution is -2.56. The first kappa shape index (κ1) is 12.3. The van der Waals surface area contributed by atoms with E-state index in [1.807, 2.05) is 7.05 Å². The quantitative estimate of drug-likeness (QED) is 0.709. The van der Waals surface area contributed by atoms with Crippen molar-refractivity contribution in [3.63, 3.8) is 0 Å². The fourth-order valence-corrected chi connectivity index (χ4v) is 4.42. The average Bonchev–Trinajstić information content (AvgIpc) is 2.84. The highest BCUT2D eigenvalue weighted by molar-refractivity contribution is 7.91. The van der Waals surface area contributed by atoms with Gasteiger partial charge in [0.2, 0.25) is 0 Å². The lowest BCUT2D eigenvalue weighted by Gasteiger charge is -2.40. The van der Waals surface area contributed by atoms with Crippen LogP contribution in [0.2, 0.25) is 0 Å². The molecule has 0 bridgehead atoms. The molecule has 5 nitrogen and oxygen atoms in total. The second-order valence-corrected chi connectivity index (χ2v) is 7.13. The first-order valence-corrected chi connectivity index (χ1v) is 7.52. The summed E-state index contributed by atoms with van der Waals surface area (Å²) in [5, 5.41) is 0. The summed E-state index contributed by atoms with van der Waals surface area (Å²) in [6.45, 7) is 1.87. The molecule has 0 aromatic carbocycles. The Morgan fingerprint density at radius 1 is 1.56 bits per heavy atom. The number of nitrogens with two attached hydrogens (primary N) is 1. The molecular formula is C10H20N2O3S. The first-order chi connectivity index (χ1) is 7.49. The van der Waals surface area contributed by atoms with Gasteiger partial charge in [0.15, 0.2) is 9.84 Å². The van der Waals surface area contributed by atoms with Gasteiger partial charge < -0.3 is 10.5 Å². The van der Waals surface area contributed by atoms with Gasteiger partial charge in [-0.1, -0.05) is 0 Å². The SMILES string of the molecule is CN(C1CCS(=O)(=O)C1)C1(CN)CCOC1. The summed E-state index contributed by atoms with van der Waals surface area (Å²) in [7, 11) is -0.849. The van der Waals surface area contributed by atoms with E-state index in [0.717, 1.165) is 19.4 Å². The molecule has 2 N–H and O–H groups in total. The zero-order valence-electron chi connectivity index (χ0n) is 9.68. The third kappa shape index (κ3) is 2.11. The molecule has 0 amide bonds. The molecule has 0 spiro atoms. The van der Waals surface area contributed by atoms with Crippen LogP contribution in [0.15, 0.2) is 0 Å². The summed E-state index contributed by atoms with van der Waals surface area (Å²) in [5.74, 6) is 0.578. The molecule has 2 heterocycles. The van der Waals surface area contributed by atoms with Crippen LogP contribution in [0, 0.1) is 0 Å². The molecule has 0 aromatic heterocycles.